The molecule has 0 aliphatic carbocycles. The van der Waals surface area contributed by atoms with Crippen molar-refractivity contribution >= 4 is 41.1 Å². The van der Waals surface area contributed by atoms with Gasteiger partial charge in [-0.05, 0) is 48.1 Å². The van der Waals surface area contributed by atoms with E-state index in [0.717, 1.165) is 19.4 Å². The van der Waals surface area contributed by atoms with E-state index in [-0.39, 0.29) is 23.0 Å². The first kappa shape index (κ1) is 33.1. The highest BCUT2D eigenvalue weighted by Gasteiger charge is 2.38. The van der Waals surface area contributed by atoms with Gasteiger partial charge in [0.25, 0.3) is 5.91 Å². The smallest absolute Gasteiger partial charge is 0.510 e. The predicted octanol–water partition coefficient (Wildman–Crippen LogP) is 4.91. The second-order valence-corrected chi connectivity index (χ2v) is 8.44. The minimum Gasteiger partial charge on any atom is -0.510 e. The summed E-state index contributed by atoms with van der Waals surface area (Å²) in [7, 11) is 16.8. The highest BCUT2D eigenvalue weighted by Crippen LogP contribution is 2.43. The quantitative estimate of drug-likeness (QED) is 0.220. The molecule has 3 aromatic rings. The molecule has 8 nitrogen and oxygen atoms in total. The summed E-state index contributed by atoms with van der Waals surface area (Å²) in [5.41, 5.74) is -3.72. The summed E-state index contributed by atoms with van der Waals surface area (Å²) in [4.78, 5) is 28.8. The van der Waals surface area contributed by atoms with Gasteiger partial charge >= 0.3 is 18.5 Å². The Hall–Kier alpha value is -4.44. The lowest BCUT2D eigenvalue weighted by Gasteiger charge is -2.26. The van der Waals surface area contributed by atoms with Gasteiger partial charge in [0.2, 0.25) is 5.82 Å². The average Bonchev–Trinajstić information content (AvgIpc) is 2.86. The van der Waals surface area contributed by atoms with E-state index in [2.05, 4.69) is 19.8 Å². The summed E-state index contributed by atoms with van der Waals surface area (Å²) in [6.45, 7) is 1.37. The van der Waals surface area contributed by atoms with Crippen molar-refractivity contribution in [3.63, 3.8) is 0 Å². The molecule has 220 valence electrons. The Bertz CT molecular complexity index is 1560. The van der Waals surface area contributed by atoms with Crippen molar-refractivity contribution in [2.45, 2.75) is 24.8 Å². The lowest BCUT2D eigenvalue weighted by Crippen LogP contribution is -2.38. The van der Waals surface area contributed by atoms with Crippen LogP contribution in [0.1, 0.15) is 32.0 Å². The molecule has 0 aliphatic heterocycles. The minimum absolute atomic E-state index is 0.166. The molecule has 19 heteroatoms. The summed E-state index contributed by atoms with van der Waals surface area (Å²) in [5.74, 6) is -11.5. The van der Waals surface area contributed by atoms with Crippen molar-refractivity contribution in [2.24, 2.45) is 0 Å². The van der Waals surface area contributed by atoms with Crippen LogP contribution in [-0.4, -0.2) is 59.2 Å². The first-order chi connectivity index (χ1) is 19.7. The number of aryl methyl sites for hydroxylation is 1. The van der Waals surface area contributed by atoms with Crippen LogP contribution in [0.5, 0.6) is 23.0 Å². The number of nitrogens with one attached hydrogen (secondary N) is 1. The van der Waals surface area contributed by atoms with Crippen LogP contribution >= 0.6 is 0 Å². The topological polar surface area (TPSA) is 96.0 Å². The molecular weight excluding hydrogens is 597 g/mol. The number of rotatable bonds is 8. The summed E-state index contributed by atoms with van der Waals surface area (Å²) in [6, 6.07) is 2.53. The molecule has 0 bridgehead atoms. The minimum atomic E-state index is -5.40. The number of benzene rings is 2. The van der Waals surface area contributed by atoms with Crippen molar-refractivity contribution in [1.82, 2.24) is 4.98 Å². The number of ether oxygens (including phenoxy) is 4. The Labute approximate surface area is 240 Å². The predicted molar refractivity (Wildman–Crippen MR) is 133 cm³/mol. The third-order valence-electron chi connectivity index (χ3n) is 5.13. The molecule has 43 heavy (non-hydrogen) atoms. The molecule has 1 amide bonds. The number of halogens is 8. The zero-order valence-electron chi connectivity index (χ0n) is 21.6. The number of carbonyl (C=O) groups excluding carboxylic acids is 2. The maximum absolute atomic E-state index is 15.3. The van der Waals surface area contributed by atoms with Crippen molar-refractivity contribution < 1.29 is 63.7 Å². The zero-order valence-corrected chi connectivity index (χ0v) is 21.6. The molecule has 0 spiro atoms. The number of methoxy groups -OCH3 is 1. The third-order valence-corrected chi connectivity index (χ3v) is 5.13. The molecule has 1 heterocycles. The number of aromatic nitrogens is 1. The Morgan fingerprint density at radius 1 is 0.884 bits per heavy atom. The van der Waals surface area contributed by atoms with E-state index in [1.54, 1.807) is 0 Å². The Balaban J connectivity index is 2.18. The number of anilines is 1. The first-order valence-electron chi connectivity index (χ1n) is 11.3. The van der Waals surface area contributed by atoms with Crippen LogP contribution in [0.3, 0.4) is 0 Å². The van der Waals surface area contributed by atoms with Gasteiger partial charge in [0.1, 0.15) is 40.5 Å². The molecule has 0 saturated heterocycles. The van der Waals surface area contributed by atoms with Gasteiger partial charge in [-0.15, -0.1) is 13.2 Å². The SMILES string of the molecule is [B]C([B])([B])Oc1c(Oc2ccc(C(F)(F)F)c(F)c2C(=O)Nc2cc(C(=O)OC)ncc2C)ccc(OC(F)(F)F)c1F. The standard InChI is InChI=1S/C24H13B3F8N2O6/c1-9-8-36-12(21(39)40-2)7-11(9)37-20(38)16-13(4-3-10(17(16)28)22(30,31)32)41-15-6-5-14(42-24(33,34)35)18(29)19(15)43-23(25,26)27/h3-8H,1-2H3,(H,36,37,38). The molecule has 3 rings (SSSR count). The number of esters is 1. The maximum Gasteiger partial charge on any atom is 0.573 e. The third kappa shape index (κ3) is 8.11. The Kier molecular flexibility index (Phi) is 9.27. The lowest BCUT2D eigenvalue weighted by molar-refractivity contribution is -0.275. The summed E-state index contributed by atoms with van der Waals surface area (Å²) < 4.78 is 127. The fourth-order valence-corrected chi connectivity index (χ4v) is 3.33. The number of pyridine rings is 1. The van der Waals surface area contributed by atoms with Crippen molar-refractivity contribution in [1.29, 1.82) is 0 Å². The average molecular weight is 610 g/mol. The van der Waals surface area contributed by atoms with Crippen molar-refractivity contribution in [3.8, 4) is 23.0 Å². The number of amides is 1. The molecule has 6 radical (unpaired) electrons. The normalized spacial score (nSPS) is 12.0. The molecule has 0 fully saturated rings. The Morgan fingerprint density at radius 2 is 1.49 bits per heavy atom. The largest absolute Gasteiger partial charge is 0.573 e. The highest BCUT2D eigenvalue weighted by molar-refractivity contribution is 6.58. The van der Waals surface area contributed by atoms with Crippen LogP contribution in [0, 0.1) is 18.6 Å². The van der Waals surface area contributed by atoms with Crippen LogP contribution < -0.4 is 19.5 Å². The van der Waals surface area contributed by atoms with E-state index in [0.29, 0.717) is 18.2 Å². The number of carbonyl (C=O) groups is 2. The van der Waals surface area contributed by atoms with Gasteiger partial charge in [-0.3, -0.25) is 4.79 Å². The monoisotopic (exact) mass is 610 g/mol. The van der Waals surface area contributed by atoms with E-state index in [1.165, 1.54) is 6.92 Å². The van der Waals surface area contributed by atoms with E-state index in [9.17, 15) is 40.3 Å². The van der Waals surface area contributed by atoms with Gasteiger partial charge < -0.3 is 24.3 Å². The van der Waals surface area contributed by atoms with Crippen LogP contribution in [0.4, 0.5) is 40.8 Å². The van der Waals surface area contributed by atoms with Crippen LogP contribution in [0.15, 0.2) is 36.5 Å². The fraction of sp³-hybridized carbons (Fsp3) is 0.208. The molecule has 0 aliphatic rings. The molecule has 0 atom stereocenters. The van der Waals surface area contributed by atoms with Crippen LogP contribution in [-0.2, 0) is 10.9 Å². The first-order valence-corrected chi connectivity index (χ1v) is 11.3. The summed E-state index contributed by atoms with van der Waals surface area (Å²) in [6.07, 6.45) is -9.62. The summed E-state index contributed by atoms with van der Waals surface area (Å²) in [5, 5.41) is -0.660. The van der Waals surface area contributed by atoms with Crippen molar-refractivity contribution in [3.05, 3.63) is 70.5 Å². The molecule has 2 aromatic carbocycles. The van der Waals surface area contributed by atoms with Gasteiger partial charge in [0.15, 0.2) is 23.1 Å². The number of hydrogen-bond donors (Lipinski definition) is 1. The fourth-order valence-electron chi connectivity index (χ4n) is 3.33. The molecule has 0 unspecified atom stereocenters. The van der Waals surface area contributed by atoms with Gasteiger partial charge in [0.05, 0.1) is 12.7 Å². The van der Waals surface area contributed by atoms with E-state index in [4.69, 9.17) is 33.0 Å². The number of nitrogens with zero attached hydrogens (tertiary/aromatic N) is 1. The molecule has 0 saturated carbocycles. The summed E-state index contributed by atoms with van der Waals surface area (Å²) >= 11 is 0. The van der Waals surface area contributed by atoms with E-state index < -0.39 is 75.5 Å². The second-order valence-electron chi connectivity index (χ2n) is 8.44. The lowest BCUT2D eigenvalue weighted by atomic mass is 9.52. The second kappa shape index (κ2) is 12.0. The van der Waals surface area contributed by atoms with Crippen LogP contribution in [0.25, 0.3) is 0 Å². The highest BCUT2D eigenvalue weighted by atomic mass is 19.4. The number of hydrogen-bond acceptors (Lipinski definition) is 7. The molecular formula is C24H13B3F8N2O6. The Morgan fingerprint density at radius 3 is 2.05 bits per heavy atom. The van der Waals surface area contributed by atoms with E-state index >= 15 is 4.39 Å². The van der Waals surface area contributed by atoms with Crippen molar-refractivity contribution in [2.75, 3.05) is 12.4 Å². The molecule has 1 N–H and O–H groups in total. The number of alkyl halides is 6. The van der Waals surface area contributed by atoms with Gasteiger partial charge in [0, 0.05) is 11.9 Å². The van der Waals surface area contributed by atoms with Crippen LogP contribution in [0.2, 0.25) is 0 Å². The van der Waals surface area contributed by atoms with Gasteiger partial charge in [-0.2, -0.15) is 17.6 Å². The van der Waals surface area contributed by atoms with E-state index in [1.807, 2.05) is 0 Å². The maximum atomic E-state index is 15.3. The van der Waals surface area contributed by atoms with Gasteiger partial charge in [-0.1, -0.05) is 0 Å². The van der Waals surface area contributed by atoms with Gasteiger partial charge in [-0.25, -0.2) is 14.2 Å². The molecule has 1 aromatic heterocycles. The zero-order chi connectivity index (χ0) is 32.5.